The van der Waals surface area contributed by atoms with E-state index in [1.807, 2.05) is 11.9 Å². The van der Waals surface area contributed by atoms with Crippen molar-refractivity contribution < 1.29 is 26.3 Å². The van der Waals surface area contributed by atoms with Crippen LogP contribution in [-0.2, 0) is 16.2 Å². The number of hydrogen-bond donors (Lipinski definition) is 1. The van der Waals surface area contributed by atoms with E-state index in [4.69, 9.17) is 39.5 Å². The molecule has 0 saturated carbocycles. The van der Waals surface area contributed by atoms with Crippen LogP contribution in [0, 0.1) is 0 Å². The fourth-order valence-corrected chi connectivity index (χ4v) is 6.44. The number of rotatable bonds is 5. The van der Waals surface area contributed by atoms with E-state index in [2.05, 4.69) is 4.72 Å². The van der Waals surface area contributed by atoms with E-state index in [0.29, 0.717) is 30.8 Å². The highest BCUT2D eigenvalue weighted by Gasteiger charge is 2.36. The Morgan fingerprint density at radius 3 is 2.45 bits per heavy atom. The molecule has 160 valence electrons. The van der Waals surface area contributed by atoms with Crippen LogP contribution in [0.4, 0.5) is 18.9 Å². The van der Waals surface area contributed by atoms with Crippen molar-refractivity contribution in [1.82, 2.24) is 4.90 Å². The normalized spacial score (nSPS) is 18.2. The molecule has 0 spiro atoms. The first-order chi connectivity index (χ1) is 13.4. The molecule has 3 rings (SSSR count). The third-order valence-corrected chi connectivity index (χ3v) is 8.74. The summed E-state index contributed by atoms with van der Waals surface area (Å²) in [7, 11) is -2.39. The van der Waals surface area contributed by atoms with E-state index < -0.39 is 33.6 Å². The fraction of sp³-hybridized carbons (Fsp3) is 0.375. The summed E-state index contributed by atoms with van der Waals surface area (Å²) in [5.74, 6) is -0.452. The van der Waals surface area contributed by atoms with Gasteiger partial charge in [0, 0.05) is 19.2 Å². The number of benzene rings is 1. The third-order valence-electron chi connectivity index (χ3n) is 4.15. The van der Waals surface area contributed by atoms with Crippen LogP contribution in [-0.4, -0.2) is 39.6 Å². The molecule has 29 heavy (non-hydrogen) atoms. The molecule has 1 saturated heterocycles. The number of alkyl halides is 3. The van der Waals surface area contributed by atoms with Gasteiger partial charge in [0.2, 0.25) is 0 Å². The van der Waals surface area contributed by atoms with Crippen molar-refractivity contribution >= 4 is 61.9 Å². The molecule has 1 aliphatic heterocycles. The van der Waals surface area contributed by atoms with Crippen LogP contribution >= 0.6 is 46.1 Å². The Kier molecular flexibility index (Phi) is 6.53. The lowest BCUT2D eigenvalue weighted by atomic mass is 10.1. The van der Waals surface area contributed by atoms with Gasteiger partial charge in [0.15, 0.2) is 4.21 Å². The van der Waals surface area contributed by atoms with Crippen molar-refractivity contribution in [2.75, 3.05) is 24.9 Å². The minimum atomic E-state index is -4.66. The van der Waals surface area contributed by atoms with Crippen LogP contribution in [0.1, 0.15) is 12.0 Å². The van der Waals surface area contributed by atoms with E-state index in [9.17, 15) is 21.6 Å². The number of nitrogens with one attached hydrogen (secondary N) is 1. The quantitative estimate of drug-likeness (QED) is 0.569. The van der Waals surface area contributed by atoms with E-state index in [0.717, 1.165) is 18.2 Å². The number of likely N-dealkylation sites (N-methyl/N-ethyl adjacent to an activating group) is 1. The maximum Gasteiger partial charge on any atom is 0.419 e. The number of anilines is 1. The van der Waals surface area contributed by atoms with Crippen LogP contribution in [0.25, 0.3) is 0 Å². The number of ether oxygens (including phenoxy) is 1. The maximum atomic E-state index is 13.4. The molecule has 0 radical (unpaired) electrons. The second kappa shape index (κ2) is 8.32. The summed E-state index contributed by atoms with van der Waals surface area (Å²) in [5.41, 5.74) is -1.11. The molecule has 1 aliphatic rings. The Labute approximate surface area is 184 Å². The molecule has 2 aromatic rings. The summed E-state index contributed by atoms with van der Waals surface area (Å²) in [6.07, 6.45) is -4.53. The first-order valence-electron chi connectivity index (χ1n) is 8.11. The van der Waals surface area contributed by atoms with Crippen LogP contribution in [0.15, 0.2) is 22.4 Å². The Morgan fingerprint density at radius 1 is 1.24 bits per heavy atom. The Bertz CT molecular complexity index is 1030. The lowest BCUT2D eigenvalue weighted by Crippen LogP contribution is -2.23. The van der Waals surface area contributed by atoms with Crippen molar-refractivity contribution in [2.45, 2.75) is 22.9 Å². The predicted octanol–water partition coefficient (Wildman–Crippen LogP) is 5.61. The lowest BCUT2D eigenvalue weighted by Gasteiger charge is -2.19. The Hall–Kier alpha value is -0.910. The standard InChI is InChI=1S/C16H14Cl3F3N2O3S2/c1-24-5-4-9(7-24)27-11-6-8(2-3-10(11)16(20,21)22)23-29(25,26)15-13(18)12(17)14(19)28-15/h2-3,6,9,23H,4-5,7H2,1H3/t9-/m1/s1. The molecule has 1 aromatic carbocycles. The highest BCUT2D eigenvalue weighted by molar-refractivity contribution is 7.94. The third kappa shape index (κ3) is 5.05. The van der Waals surface area contributed by atoms with E-state index in [-0.39, 0.29) is 24.3 Å². The molecule has 0 unspecified atom stereocenters. The molecular formula is C16H14Cl3F3N2O3S2. The second-order valence-electron chi connectivity index (χ2n) is 6.40. The molecule has 1 aromatic heterocycles. The lowest BCUT2D eigenvalue weighted by molar-refractivity contribution is -0.139. The Morgan fingerprint density at radius 2 is 1.93 bits per heavy atom. The van der Waals surface area contributed by atoms with Gasteiger partial charge in [0.1, 0.15) is 16.2 Å². The fourth-order valence-electron chi connectivity index (χ4n) is 2.81. The molecule has 0 bridgehead atoms. The summed E-state index contributed by atoms with van der Waals surface area (Å²) in [5, 5.41) is -0.368. The van der Waals surface area contributed by atoms with E-state index in [1.165, 1.54) is 0 Å². The van der Waals surface area contributed by atoms with Gasteiger partial charge in [-0.3, -0.25) is 4.72 Å². The number of likely N-dealkylation sites (tertiary alicyclic amines) is 1. The predicted molar refractivity (Wildman–Crippen MR) is 108 cm³/mol. The van der Waals surface area contributed by atoms with Gasteiger partial charge in [-0.25, -0.2) is 8.42 Å². The number of nitrogens with zero attached hydrogens (tertiary/aromatic N) is 1. The summed E-state index contributed by atoms with van der Waals surface area (Å²) < 4.78 is 72.7. The second-order valence-corrected chi connectivity index (χ2v) is 10.7. The summed E-state index contributed by atoms with van der Waals surface area (Å²) in [6.45, 7) is 1.16. The first kappa shape index (κ1) is 22.8. The number of sulfonamides is 1. The molecular weight excluding hydrogens is 496 g/mol. The molecule has 5 nitrogen and oxygen atoms in total. The molecule has 0 amide bonds. The number of thiophene rings is 1. The van der Waals surface area contributed by atoms with E-state index in [1.54, 1.807) is 0 Å². The molecule has 0 aliphatic carbocycles. The molecule has 1 N–H and O–H groups in total. The van der Waals surface area contributed by atoms with Gasteiger partial charge in [-0.1, -0.05) is 34.8 Å². The van der Waals surface area contributed by atoms with Crippen molar-refractivity contribution in [3.63, 3.8) is 0 Å². The SMILES string of the molecule is CN1CC[C@@H](Oc2cc(NS(=O)(=O)c3sc(Cl)c(Cl)c3Cl)ccc2C(F)(F)F)C1. The monoisotopic (exact) mass is 508 g/mol. The summed E-state index contributed by atoms with van der Waals surface area (Å²) in [6, 6.07) is 2.77. The summed E-state index contributed by atoms with van der Waals surface area (Å²) in [4.78, 5) is 1.93. The van der Waals surface area contributed by atoms with Crippen molar-refractivity contribution in [3.8, 4) is 5.75 Å². The van der Waals surface area contributed by atoms with Gasteiger partial charge in [0.05, 0.1) is 21.3 Å². The first-order valence-corrected chi connectivity index (χ1v) is 11.5. The smallest absolute Gasteiger partial charge is 0.419 e. The van der Waals surface area contributed by atoms with Crippen molar-refractivity contribution in [1.29, 1.82) is 0 Å². The highest BCUT2D eigenvalue weighted by atomic mass is 35.5. The zero-order valence-corrected chi connectivity index (χ0v) is 18.6. The van der Waals surface area contributed by atoms with Gasteiger partial charge < -0.3 is 9.64 Å². The van der Waals surface area contributed by atoms with Gasteiger partial charge >= 0.3 is 6.18 Å². The van der Waals surface area contributed by atoms with Gasteiger partial charge in [-0.2, -0.15) is 13.2 Å². The molecule has 1 fully saturated rings. The molecule has 1 atom stereocenters. The average Bonchev–Trinajstić information content (AvgIpc) is 3.12. The van der Waals surface area contributed by atoms with Crippen LogP contribution in [0.3, 0.4) is 0 Å². The van der Waals surface area contributed by atoms with Gasteiger partial charge in [0.25, 0.3) is 10.0 Å². The van der Waals surface area contributed by atoms with E-state index >= 15 is 0 Å². The number of hydrogen-bond acceptors (Lipinski definition) is 5. The van der Waals surface area contributed by atoms with Crippen molar-refractivity contribution in [3.05, 3.63) is 38.1 Å². The topological polar surface area (TPSA) is 58.6 Å². The number of halogens is 6. The van der Waals surface area contributed by atoms with Crippen LogP contribution in [0.5, 0.6) is 5.75 Å². The minimum absolute atomic E-state index is 0.0150. The maximum absolute atomic E-state index is 13.4. The molecule has 13 heteroatoms. The molecule has 2 heterocycles. The largest absolute Gasteiger partial charge is 0.488 e. The van der Waals surface area contributed by atoms with Crippen LogP contribution in [0.2, 0.25) is 14.4 Å². The zero-order valence-electron chi connectivity index (χ0n) is 14.7. The minimum Gasteiger partial charge on any atom is -0.488 e. The van der Waals surface area contributed by atoms with Crippen molar-refractivity contribution in [2.24, 2.45) is 0 Å². The van der Waals surface area contributed by atoms with Gasteiger partial charge in [-0.15, -0.1) is 11.3 Å². The average molecular weight is 510 g/mol. The zero-order chi connectivity index (χ0) is 21.6. The van der Waals surface area contributed by atoms with Gasteiger partial charge in [-0.05, 0) is 25.6 Å². The van der Waals surface area contributed by atoms with Crippen LogP contribution < -0.4 is 9.46 Å². The Balaban J connectivity index is 1.93. The highest BCUT2D eigenvalue weighted by Crippen LogP contribution is 2.44. The summed E-state index contributed by atoms with van der Waals surface area (Å²) >= 11 is 18.2.